The van der Waals surface area contributed by atoms with Crippen LogP contribution in [0.2, 0.25) is 0 Å². The maximum Gasteiger partial charge on any atom is 0.409 e. The number of allylic oxidation sites excluding steroid dienone is 3. The van der Waals surface area contributed by atoms with E-state index in [0.29, 0.717) is 33.0 Å². The van der Waals surface area contributed by atoms with E-state index in [1.165, 1.54) is 75.1 Å². The predicted molar refractivity (Wildman–Crippen MR) is 548 cm³/mol. The molecule has 804 valence electrons. The molecule has 0 radical (unpaired) electrons. The van der Waals surface area contributed by atoms with E-state index in [0.717, 1.165) is 9.60 Å². The summed E-state index contributed by atoms with van der Waals surface area (Å²) in [6, 6.07) is 8.67. The quantitative estimate of drug-likeness (QED) is 0.0593. The number of carbonyl (C=O) groups excluding carboxylic acids is 18. The van der Waals surface area contributed by atoms with Gasteiger partial charge in [0.15, 0.2) is 0 Å². The molecule has 45 heteroatoms. The third kappa shape index (κ3) is 33.2. The fourth-order valence-corrected chi connectivity index (χ4v) is 20.0. The maximum atomic E-state index is 16.2. The number of hydrogen-bond donors (Lipinski definition) is 19. The van der Waals surface area contributed by atoms with Crippen molar-refractivity contribution in [2.45, 2.75) is 298 Å². The number of carbonyl (C=O) groups is 21. The average molecular weight is 2150 g/mol. The maximum absolute atomic E-state index is 16.2. The summed E-state index contributed by atoms with van der Waals surface area (Å²) in [7, 11) is 0. The Morgan fingerprint density at radius 2 is 1.08 bits per heavy atom. The van der Waals surface area contributed by atoms with Crippen LogP contribution in [0.15, 0.2) is 137 Å². The first-order chi connectivity index (χ1) is 70.6. The first-order valence-corrected chi connectivity index (χ1v) is 51.6. The van der Waals surface area contributed by atoms with Crippen molar-refractivity contribution in [2.24, 2.45) is 11.1 Å². The number of cyclic esters (lactones) is 1. The van der Waals surface area contributed by atoms with Gasteiger partial charge in [0, 0.05) is 67.8 Å². The fraction of sp³-hybridized carbons (Fsp3) is 0.510. The predicted octanol–water partition coefficient (Wildman–Crippen LogP) is 3.44. The Hall–Kier alpha value is -14.5. The van der Waals surface area contributed by atoms with Crippen LogP contribution >= 0.6 is 27.3 Å². The summed E-state index contributed by atoms with van der Waals surface area (Å²) < 4.78 is 7.18. The molecule has 20 N–H and O–H groups in total. The van der Waals surface area contributed by atoms with Crippen molar-refractivity contribution >= 4 is 162 Å². The lowest BCUT2D eigenvalue weighted by Gasteiger charge is -2.38. The summed E-state index contributed by atoms with van der Waals surface area (Å²) in [6.45, 7) is 10.1. The van der Waals surface area contributed by atoms with Gasteiger partial charge in [-0.05, 0) is 200 Å². The van der Waals surface area contributed by atoms with Crippen molar-refractivity contribution in [2.75, 3.05) is 32.8 Å². The van der Waals surface area contributed by atoms with Crippen molar-refractivity contribution in [3.8, 4) is 0 Å². The average Bonchev–Trinajstić information content (AvgIpc) is 1.64. The minimum atomic E-state index is -2.25. The van der Waals surface area contributed by atoms with Gasteiger partial charge in [-0.3, -0.25) is 91.1 Å². The zero-order valence-electron chi connectivity index (χ0n) is 84.6. The molecule has 3 saturated heterocycles. The molecule has 3 fully saturated rings. The fourth-order valence-electron chi connectivity index (χ4n) is 18.6. The highest BCUT2D eigenvalue weighted by Gasteiger charge is 2.53. The smallest absolute Gasteiger partial charge is 0.409 e. The standard InChI is InChI=1S/C104H135BrN18O25S/c1-60(83(106)130)108-85(132)71-39-40-80(125)107-46-26-22-37-70-91(138)121-103(97(145)116-75(53-65-33-18-20-36-69(65)105)88(135)114-74(87(134)111-71)54-67-58-149-79-38-21-19-35-68(67)79)45-48-122(59-103)99(147)148-49-27-14-10-9-11-23-41-102(42-24-12-13-25-43-104(44-29-47-123(104)62(3)124)98(146)118-77(56-82(128)129)90(137)115-78(93(140)120-102)57-100(4,5)6)96(144)117-76(55-81(126)127)89(136)113-73(52-64-32-28-34-66(50-64)94(141)142)92(139)119-101(7,8)95(143)109-61(2)84(131)112-72(86(133)110-70)51-63-30-16-15-17-31-63/h9-10,13,15-21,25,28,30-36,38,50,58,60-61,70-78H,11-12,14,22-24,26-27,29,37,39-49,51-57,59H2,1-8H3,(H2,106,130)(H,107,125)(H,108,132)(H,109,143)(H,110,133)(H,111,134)(H,112,131)(H,113,136)(H,114,135)(H,115,137)(H,116,145)(H,117,144)(H,118,146)(H,119,139)(H,120,140)(H,121,138)(H,126,127)(H,128,129)(H,141,142)/b10-9-,25-13-/t60-,61-,70-,71-,72-,73-,74-,75-,76-,77-,78-,102+,103-,104-/m0/s1. The number of hydrogen-bond acceptors (Lipinski definition) is 23. The number of likely N-dealkylation sites (tertiary alicyclic amines) is 1. The monoisotopic (exact) mass is 2150 g/mol. The van der Waals surface area contributed by atoms with E-state index in [-0.39, 0.29) is 153 Å². The zero-order chi connectivity index (χ0) is 109. The number of fused-ring (bicyclic) bond motifs is 4. The summed E-state index contributed by atoms with van der Waals surface area (Å²) in [5.41, 5.74) is -2.25. The Kier molecular flexibility index (Phi) is 41.7. The minimum Gasteiger partial charge on any atom is -0.481 e. The van der Waals surface area contributed by atoms with Crippen LogP contribution in [0.5, 0.6) is 0 Å². The van der Waals surface area contributed by atoms with Crippen LogP contribution in [0, 0.1) is 5.41 Å². The lowest BCUT2D eigenvalue weighted by Crippen LogP contribution is -2.66. The topological polar surface area (TPSA) is 641 Å². The molecule has 18 amide bonds. The number of nitrogens with zero attached hydrogens (tertiary/aromatic N) is 2. The second kappa shape index (κ2) is 53.4. The van der Waals surface area contributed by atoms with Gasteiger partial charge >= 0.3 is 24.0 Å². The van der Waals surface area contributed by atoms with E-state index in [2.05, 4.69) is 95.7 Å². The molecule has 5 aromatic rings. The van der Waals surface area contributed by atoms with E-state index in [1.807, 2.05) is 18.2 Å². The van der Waals surface area contributed by atoms with Crippen LogP contribution in [-0.4, -0.2) is 271 Å². The minimum absolute atomic E-state index is 0.00155. The van der Waals surface area contributed by atoms with Crippen LogP contribution < -0.4 is 85.5 Å². The number of carboxylic acid groups (broad SMARTS) is 3. The third-order valence-electron chi connectivity index (χ3n) is 26.8. The molecular formula is C104H135BrN18O25S. The van der Waals surface area contributed by atoms with Gasteiger partial charge in [-0.25, -0.2) is 9.59 Å². The molecular weight excluding hydrogens is 2010 g/mol. The molecule has 5 aliphatic rings. The largest absolute Gasteiger partial charge is 0.481 e. The Morgan fingerprint density at radius 1 is 0.530 bits per heavy atom. The molecule has 1 aromatic heterocycles. The molecule has 10 rings (SSSR count). The van der Waals surface area contributed by atoms with Crippen molar-refractivity contribution in [3.63, 3.8) is 0 Å². The number of amides is 18. The molecule has 43 nitrogen and oxygen atoms in total. The highest BCUT2D eigenvalue weighted by molar-refractivity contribution is 9.10. The molecule has 5 aliphatic heterocycles. The lowest BCUT2D eigenvalue weighted by atomic mass is 9.83. The third-order valence-corrected chi connectivity index (χ3v) is 28.6. The van der Waals surface area contributed by atoms with Crippen LogP contribution in [0.1, 0.15) is 216 Å². The Morgan fingerprint density at radius 3 is 1.74 bits per heavy atom. The molecule has 3 bridgehead atoms. The van der Waals surface area contributed by atoms with Gasteiger partial charge in [-0.15, -0.1) is 11.3 Å². The number of nitrogens with two attached hydrogens (primary N) is 1. The molecule has 0 unspecified atom stereocenters. The number of thiophene rings is 1. The van der Waals surface area contributed by atoms with Crippen LogP contribution in [-0.2, 0) is 122 Å². The number of halogens is 1. The number of benzene rings is 4. The molecule has 0 aliphatic carbocycles. The van der Waals surface area contributed by atoms with Gasteiger partial charge in [-0.1, -0.05) is 140 Å². The first-order valence-electron chi connectivity index (χ1n) is 49.9. The number of aromatic carboxylic acids is 1. The van der Waals surface area contributed by atoms with Gasteiger partial charge in [0.05, 0.1) is 31.6 Å². The second-order valence-corrected chi connectivity index (χ2v) is 42.0. The normalized spacial score (nSPS) is 26.4. The van der Waals surface area contributed by atoms with Crippen LogP contribution in [0.3, 0.4) is 0 Å². The first kappa shape index (κ1) is 116. The van der Waals surface area contributed by atoms with Crippen molar-refractivity contribution in [1.29, 1.82) is 0 Å². The van der Waals surface area contributed by atoms with Gasteiger partial charge in [0.2, 0.25) is 100 Å². The van der Waals surface area contributed by atoms with Gasteiger partial charge in [0.1, 0.15) is 88.6 Å². The van der Waals surface area contributed by atoms with Crippen LogP contribution in [0.4, 0.5) is 4.79 Å². The highest BCUT2D eigenvalue weighted by Crippen LogP contribution is 2.36. The van der Waals surface area contributed by atoms with Crippen molar-refractivity contribution in [3.05, 3.63) is 165 Å². The summed E-state index contributed by atoms with van der Waals surface area (Å²) in [5, 5.41) is 73.8. The second-order valence-electron chi connectivity index (χ2n) is 40.2. The summed E-state index contributed by atoms with van der Waals surface area (Å²) in [5.74, 6) is -21.5. The number of aliphatic carboxylic acids is 2. The number of primary amides is 1. The van der Waals surface area contributed by atoms with Gasteiger partial charge < -0.3 is 115 Å². The van der Waals surface area contributed by atoms with Gasteiger partial charge in [-0.2, -0.15) is 0 Å². The molecule has 149 heavy (non-hydrogen) atoms. The number of nitrogens with one attached hydrogen (secondary N) is 15. The van der Waals surface area contributed by atoms with E-state index >= 15 is 43.2 Å². The Bertz CT molecular complexity index is 5870. The van der Waals surface area contributed by atoms with Gasteiger partial charge in [0.25, 0.3) is 0 Å². The molecule has 4 aromatic carbocycles. The molecule has 6 heterocycles. The zero-order valence-corrected chi connectivity index (χ0v) is 87.0. The SMILES string of the molecule is CC(=O)N1CCC[C@]12C/C=C\CCC[C@@]1(CCC/C=C\CCCOC(=O)N3CC[C@@]4(C3)NC(=O)[C@H](CCCCNC(=O)CC[C@@H](C(=O)N[C@@H](C)C(N)=O)NC(=O)[C@H](Cc3csc5ccccc35)NC(=O)[C@H](Cc3ccccc3Br)NC4=O)NC(=O)[C@H](Cc3ccccc3)NC(=O)[C@H](C)NC(=O)C(C)(C)NC(=O)[C@H](Cc3cccc(C(=O)O)c3)NC(=O)[C@H](CC(=O)O)NC1=O)NC(=O)[C@H](CC(C)(C)C)NC(=O)[C@H](CC(=O)O)NC2=O. The Balaban J connectivity index is 1.06. The lowest BCUT2D eigenvalue weighted by molar-refractivity contribution is -0.146. The van der Waals surface area contributed by atoms with Crippen molar-refractivity contribution in [1.82, 2.24) is 89.6 Å². The summed E-state index contributed by atoms with van der Waals surface area (Å²) in [6.07, 6.45) is 0.588. The molecule has 0 saturated carbocycles. The summed E-state index contributed by atoms with van der Waals surface area (Å²) in [4.78, 5) is 310. The van der Waals surface area contributed by atoms with E-state index in [1.54, 1.807) is 111 Å². The van der Waals surface area contributed by atoms with E-state index in [4.69, 9.17) is 10.5 Å². The molecule has 3 spiro atoms. The van der Waals surface area contributed by atoms with E-state index < -0.39 is 257 Å². The highest BCUT2D eigenvalue weighted by atomic mass is 79.9. The Labute approximate surface area is 874 Å². The van der Waals surface area contributed by atoms with E-state index in [9.17, 15) is 72.9 Å². The number of ether oxygens (including phenoxy) is 1. The molecule has 14 atom stereocenters. The van der Waals surface area contributed by atoms with Crippen LogP contribution in [0.25, 0.3) is 10.1 Å². The number of rotatable bonds is 17. The van der Waals surface area contributed by atoms with Crippen molar-refractivity contribution < 1.29 is 121 Å². The summed E-state index contributed by atoms with van der Waals surface area (Å²) >= 11 is 4.92. The number of carboxylic acids is 3.